The SMILES string of the molecule is COc1ccc(/C=C2/N=C(Cc3ccc(F)cc3)OC2=O)cc1F. The molecule has 122 valence electrons. The molecule has 1 aliphatic rings. The van der Waals surface area contributed by atoms with Crippen molar-refractivity contribution in [3.63, 3.8) is 0 Å². The molecule has 0 radical (unpaired) electrons. The van der Waals surface area contributed by atoms with Crippen molar-refractivity contribution in [2.45, 2.75) is 6.42 Å². The zero-order valence-electron chi connectivity index (χ0n) is 12.8. The van der Waals surface area contributed by atoms with Gasteiger partial charge < -0.3 is 9.47 Å². The van der Waals surface area contributed by atoms with Gasteiger partial charge in [0, 0.05) is 6.42 Å². The van der Waals surface area contributed by atoms with Gasteiger partial charge in [-0.25, -0.2) is 18.6 Å². The number of nitrogens with zero attached hydrogens (tertiary/aromatic N) is 1. The van der Waals surface area contributed by atoms with Gasteiger partial charge in [0.25, 0.3) is 0 Å². The summed E-state index contributed by atoms with van der Waals surface area (Å²) in [6, 6.07) is 10.1. The van der Waals surface area contributed by atoms with Gasteiger partial charge in [0.05, 0.1) is 7.11 Å². The van der Waals surface area contributed by atoms with E-state index in [9.17, 15) is 13.6 Å². The third kappa shape index (κ3) is 3.48. The number of carbonyl (C=O) groups is 1. The molecule has 6 heteroatoms. The number of esters is 1. The molecule has 0 amide bonds. The van der Waals surface area contributed by atoms with Gasteiger partial charge in [-0.3, -0.25) is 0 Å². The fourth-order valence-corrected chi connectivity index (χ4v) is 2.24. The molecule has 2 aromatic rings. The van der Waals surface area contributed by atoms with Crippen LogP contribution in [0.15, 0.2) is 53.2 Å². The zero-order valence-corrected chi connectivity index (χ0v) is 12.8. The van der Waals surface area contributed by atoms with E-state index >= 15 is 0 Å². The van der Waals surface area contributed by atoms with Crippen molar-refractivity contribution in [2.75, 3.05) is 7.11 Å². The van der Waals surface area contributed by atoms with Crippen LogP contribution in [-0.4, -0.2) is 19.0 Å². The van der Waals surface area contributed by atoms with Crippen LogP contribution in [0, 0.1) is 11.6 Å². The molecular formula is C18H13F2NO3. The molecule has 0 saturated heterocycles. The molecule has 0 aromatic heterocycles. The largest absolute Gasteiger partial charge is 0.494 e. The van der Waals surface area contributed by atoms with E-state index in [0.717, 1.165) is 5.56 Å². The Morgan fingerprint density at radius 1 is 1.17 bits per heavy atom. The van der Waals surface area contributed by atoms with Gasteiger partial charge in [0.1, 0.15) is 5.82 Å². The van der Waals surface area contributed by atoms with E-state index in [0.29, 0.717) is 5.56 Å². The predicted octanol–water partition coefficient (Wildman–Crippen LogP) is 3.51. The number of carbonyl (C=O) groups excluding carboxylic acids is 1. The van der Waals surface area contributed by atoms with E-state index in [2.05, 4.69) is 4.99 Å². The monoisotopic (exact) mass is 329 g/mol. The maximum atomic E-state index is 13.7. The molecular weight excluding hydrogens is 316 g/mol. The molecule has 24 heavy (non-hydrogen) atoms. The highest BCUT2D eigenvalue weighted by Gasteiger charge is 2.23. The van der Waals surface area contributed by atoms with Crippen molar-refractivity contribution in [3.05, 3.63) is 70.9 Å². The van der Waals surface area contributed by atoms with Crippen molar-refractivity contribution < 1.29 is 23.0 Å². The maximum absolute atomic E-state index is 13.7. The predicted molar refractivity (Wildman–Crippen MR) is 84.6 cm³/mol. The highest BCUT2D eigenvalue weighted by molar-refractivity contribution is 6.07. The Labute approximate surface area is 137 Å². The Hall–Kier alpha value is -3.02. The van der Waals surface area contributed by atoms with Crippen molar-refractivity contribution in [3.8, 4) is 5.75 Å². The summed E-state index contributed by atoms with van der Waals surface area (Å²) in [4.78, 5) is 16.0. The molecule has 0 spiro atoms. The standard InChI is InChI=1S/C18H13F2NO3/c1-23-16-7-4-12(8-14(16)20)9-15-18(22)24-17(21-15)10-11-2-5-13(19)6-3-11/h2-9H,10H2,1H3/b15-9+. The third-order valence-corrected chi connectivity index (χ3v) is 3.41. The number of methoxy groups -OCH3 is 1. The fraction of sp³-hybridized carbons (Fsp3) is 0.111. The van der Waals surface area contributed by atoms with Crippen LogP contribution in [0.5, 0.6) is 5.75 Å². The Bertz CT molecular complexity index is 842. The molecule has 0 bridgehead atoms. The molecule has 4 nitrogen and oxygen atoms in total. The minimum atomic E-state index is -0.608. The van der Waals surface area contributed by atoms with Gasteiger partial charge in [-0.15, -0.1) is 0 Å². The number of rotatable bonds is 4. The Morgan fingerprint density at radius 2 is 1.92 bits per heavy atom. The van der Waals surface area contributed by atoms with E-state index in [4.69, 9.17) is 9.47 Å². The number of halogens is 2. The third-order valence-electron chi connectivity index (χ3n) is 3.41. The first-order valence-corrected chi connectivity index (χ1v) is 7.14. The Kier molecular flexibility index (Phi) is 4.37. The van der Waals surface area contributed by atoms with Crippen LogP contribution >= 0.6 is 0 Å². The van der Waals surface area contributed by atoms with Crippen molar-refractivity contribution in [1.29, 1.82) is 0 Å². The number of cyclic esters (lactones) is 1. The summed E-state index contributed by atoms with van der Waals surface area (Å²) in [6.07, 6.45) is 1.70. The lowest BCUT2D eigenvalue weighted by molar-refractivity contribution is -0.130. The minimum Gasteiger partial charge on any atom is -0.494 e. The summed E-state index contributed by atoms with van der Waals surface area (Å²) in [5.74, 6) is -1.15. The lowest BCUT2D eigenvalue weighted by atomic mass is 10.1. The number of aliphatic imine (C=N–C) groups is 1. The summed E-state index contributed by atoms with van der Waals surface area (Å²) in [5.41, 5.74) is 1.31. The fourth-order valence-electron chi connectivity index (χ4n) is 2.24. The van der Waals surface area contributed by atoms with Gasteiger partial charge in [-0.1, -0.05) is 18.2 Å². The smallest absolute Gasteiger partial charge is 0.363 e. The van der Waals surface area contributed by atoms with E-state index in [-0.39, 0.29) is 29.6 Å². The number of hydrogen-bond acceptors (Lipinski definition) is 4. The Morgan fingerprint density at radius 3 is 2.58 bits per heavy atom. The van der Waals surface area contributed by atoms with Crippen molar-refractivity contribution in [1.82, 2.24) is 0 Å². The highest BCUT2D eigenvalue weighted by atomic mass is 19.1. The van der Waals surface area contributed by atoms with Gasteiger partial charge in [0.2, 0.25) is 5.90 Å². The van der Waals surface area contributed by atoms with Gasteiger partial charge in [0.15, 0.2) is 17.3 Å². The maximum Gasteiger partial charge on any atom is 0.363 e. The number of hydrogen-bond donors (Lipinski definition) is 0. The van der Waals surface area contributed by atoms with E-state index in [1.807, 2.05) is 0 Å². The molecule has 0 saturated carbocycles. The van der Waals surface area contributed by atoms with E-state index in [1.54, 1.807) is 18.2 Å². The molecule has 1 aliphatic heterocycles. The van der Waals surface area contributed by atoms with Crippen molar-refractivity contribution >= 4 is 17.9 Å². The normalized spacial score (nSPS) is 15.4. The van der Waals surface area contributed by atoms with Crippen LogP contribution in [0.2, 0.25) is 0 Å². The summed E-state index contributed by atoms with van der Waals surface area (Å²) in [5, 5.41) is 0. The molecule has 0 atom stereocenters. The Balaban J connectivity index is 1.80. The summed E-state index contributed by atoms with van der Waals surface area (Å²) >= 11 is 0. The van der Waals surface area contributed by atoms with E-state index in [1.165, 1.54) is 37.5 Å². The number of benzene rings is 2. The summed E-state index contributed by atoms with van der Waals surface area (Å²) < 4.78 is 36.5. The topological polar surface area (TPSA) is 47.9 Å². The molecule has 2 aromatic carbocycles. The summed E-state index contributed by atoms with van der Waals surface area (Å²) in [6.45, 7) is 0. The first-order chi connectivity index (χ1) is 11.5. The second-order valence-electron chi connectivity index (χ2n) is 5.12. The molecule has 0 fully saturated rings. The lowest BCUT2D eigenvalue weighted by Gasteiger charge is -2.01. The van der Waals surface area contributed by atoms with Crippen LogP contribution < -0.4 is 4.74 Å². The lowest BCUT2D eigenvalue weighted by Crippen LogP contribution is -2.06. The molecule has 3 rings (SSSR count). The van der Waals surface area contributed by atoms with Crippen LogP contribution in [0.4, 0.5) is 8.78 Å². The number of ether oxygens (including phenoxy) is 2. The average molecular weight is 329 g/mol. The van der Waals surface area contributed by atoms with Crippen LogP contribution in [-0.2, 0) is 16.0 Å². The average Bonchev–Trinajstić information content (AvgIpc) is 2.89. The second kappa shape index (κ2) is 6.62. The van der Waals surface area contributed by atoms with Crippen LogP contribution in [0.25, 0.3) is 6.08 Å². The van der Waals surface area contributed by atoms with Gasteiger partial charge in [-0.2, -0.15) is 0 Å². The van der Waals surface area contributed by atoms with E-state index < -0.39 is 11.8 Å². The van der Waals surface area contributed by atoms with Crippen LogP contribution in [0.1, 0.15) is 11.1 Å². The molecule has 0 N–H and O–H groups in total. The first kappa shape index (κ1) is 15.9. The second-order valence-corrected chi connectivity index (χ2v) is 5.12. The molecule has 0 aliphatic carbocycles. The van der Waals surface area contributed by atoms with Crippen LogP contribution in [0.3, 0.4) is 0 Å². The molecule has 1 heterocycles. The van der Waals surface area contributed by atoms with Crippen molar-refractivity contribution in [2.24, 2.45) is 4.99 Å². The zero-order chi connectivity index (χ0) is 17.1. The summed E-state index contributed by atoms with van der Waals surface area (Å²) in [7, 11) is 1.37. The highest BCUT2D eigenvalue weighted by Crippen LogP contribution is 2.22. The first-order valence-electron chi connectivity index (χ1n) is 7.14. The molecule has 0 unspecified atom stereocenters. The van der Waals surface area contributed by atoms with Gasteiger partial charge >= 0.3 is 5.97 Å². The minimum absolute atomic E-state index is 0.0803. The van der Waals surface area contributed by atoms with Gasteiger partial charge in [-0.05, 0) is 41.5 Å². The quantitative estimate of drug-likeness (QED) is 0.637.